The second-order valence-corrected chi connectivity index (χ2v) is 8.03. The van der Waals surface area contributed by atoms with Gasteiger partial charge in [-0.2, -0.15) is 0 Å². The predicted molar refractivity (Wildman–Crippen MR) is 136 cm³/mol. The number of likely N-dealkylation sites (N-methyl/N-ethyl adjacent to an activating group) is 1. The number of aromatic nitrogens is 1. The van der Waals surface area contributed by atoms with Gasteiger partial charge in [0.1, 0.15) is 11.9 Å². The normalized spacial score (nSPS) is 19.3. The fourth-order valence-electron chi connectivity index (χ4n) is 4.39. The van der Waals surface area contributed by atoms with Gasteiger partial charge in [-0.25, -0.2) is 4.98 Å². The minimum Gasteiger partial charge on any atom is -0.376 e. The van der Waals surface area contributed by atoms with Gasteiger partial charge >= 0.3 is 0 Å². The maximum Gasteiger partial charge on any atom is 0.137 e. The molecule has 1 atom stereocenters. The molecule has 0 N–H and O–H groups in total. The standard InChI is InChI=1S/C25H29N3O2.2ClH/c1-2-27-11-13-28(14-12-27)25-22-6-4-3-5-21(22)17-23(26-25)19-7-9-20(10-8-19)24-18-29-15-16-30-24;;/h3-10,17,24H,2,11-16,18H2,1H3;2*1H. The number of benzene rings is 2. The van der Waals surface area contributed by atoms with Gasteiger partial charge < -0.3 is 19.3 Å². The molecule has 172 valence electrons. The molecule has 5 nitrogen and oxygen atoms in total. The lowest BCUT2D eigenvalue weighted by Crippen LogP contribution is -2.46. The molecular formula is C25H31Cl2N3O2. The van der Waals surface area contributed by atoms with Crippen LogP contribution in [0.25, 0.3) is 22.0 Å². The van der Waals surface area contributed by atoms with E-state index in [9.17, 15) is 0 Å². The highest BCUT2D eigenvalue weighted by Gasteiger charge is 2.20. The highest BCUT2D eigenvalue weighted by atomic mass is 35.5. The lowest BCUT2D eigenvalue weighted by atomic mass is 10.0. The molecule has 3 heterocycles. The number of hydrogen-bond donors (Lipinski definition) is 0. The van der Waals surface area contributed by atoms with Gasteiger partial charge in [0.25, 0.3) is 0 Å². The Morgan fingerprint density at radius 3 is 2.38 bits per heavy atom. The number of halogens is 2. The zero-order chi connectivity index (χ0) is 20.3. The minimum absolute atomic E-state index is 0. The number of fused-ring (bicyclic) bond motifs is 1. The third kappa shape index (κ3) is 5.19. The van der Waals surface area contributed by atoms with E-state index in [1.165, 1.54) is 10.8 Å². The topological polar surface area (TPSA) is 37.8 Å². The molecule has 2 fully saturated rings. The first-order valence-corrected chi connectivity index (χ1v) is 11.0. The highest BCUT2D eigenvalue weighted by molar-refractivity contribution is 5.95. The molecule has 1 aromatic heterocycles. The van der Waals surface area contributed by atoms with Gasteiger partial charge in [0.05, 0.1) is 25.5 Å². The average Bonchev–Trinajstić information content (AvgIpc) is 2.84. The van der Waals surface area contributed by atoms with E-state index in [0.29, 0.717) is 19.8 Å². The van der Waals surface area contributed by atoms with E-state index in [1.54, 1.807) is 0 Å². The Morgan fingerprint density at radius 1 is 0.938 bits per heavy atom. The Bertz CT molecular complexity index is 1000. The van der Waals surface area contributed by atoms with E-state index >= 15 is 0 Å². The van der Waals surface area contributed by atoms with Gasteiger partial charge in [0, 0.05) is 37.1 Å². The molecule has 2 aliphatic rings. The Hall–Kier alpha value is -1.89. The maximum atomic E-state index is 5.83. The molecule has 32 heavy (non-hydrogen) atoms. The summed E-state index contributed by atoms with van der Waals surface area (Å²) in [6.07, 6.45) is 0.0304. The van der Waals surface area contributed by atoms with Crippen molar-refractivity contribution in [2.24, 2.45) is 0 Å². The molecule has 1 unspecified atom stereocenters. The zero-order valence-corrected chi connectivity index (χ0v) is 20.0. The summed E-state index contributed by atoms with van der Waals surface area (Å²) >= 11 is 0. The van der Waals surface area contributed by atoms with Gasteiger partial charge in [0.15, 0.2) is 0 Å². The van der Waals surface area contributed by atoms with E-state index in [1.807, 2.05) is 0 Å². The van der Waals surface area contributed by atoms with Crippen molar-refractivity contribution >= 4 is 41.4 Å². The molecule has 2 aliphatic heterocycles. The van der Waals surface area contributed by atoms with Crippen LogP contribution in [0, 0.1) is 0 Å². The summed E-state index contributed by atoms with van der Waals surface area (Å²) in [5, 5.41) is 2.47. The van der Waals surface area contributed by atoms with E-state index in [2.05, 4.69) is 71.3 Å². The predicted octanol–water partition coefficient (Wildman–Crippen LogP) is 4.98. The van der Waals surface area contributed by atoms with Gasteiger partial charge in [0.2, 0.25) is 0 Å². The molecular weight excluding hydrogens is 445 g/mol. The van der Waals surface area contributed by atoms with E-state index in [-0.39, 0.29) is 30.9 Å². The largest absolute Gasteiger partial charge is 0.376 e. The molecule has 7 heteroatoms. The number of piperazine rings is 1. The Morgan fingerprint density at radius 2 is 1.69 bits per heavy atom. The van der Waals surface area contributed by atoms with Crippen molar-refractivity contribution in [3.63, 3.8) is 0 Å². The van der Waals surface area contributed by atoms with Gasteiger partial charge in [-0.1, -0.05) is 55.5 Å². The molecule has 5 rings (SSSR count). The first-order chi connectivity index (χ1) is 14.8. The zero-order valence-electron chi connectivity index (χ0n) is 18.4. The van der Waals surface area contributed by atoms with E-state index in [0.717, 1.165) is 55.4 Å². The van der Waals surface area contributed by atoms with Crippen LogP contribution in [0.1, 0.15) is 18.6 Å². The molecule has 0 aliphatic carbocycles. The highest BCUT2D eigenvalue weighted by Crippen LogP contribution is 2.31. The van der Waals surface area contributed by atoms with Crippen LogP contribution >= 0.6 is 24.8 Å². The van der Waals surface area contributed by atoms with Crippen LogP contribution in [0.3, 0.4) is 0 Å². The van der Waals surface area contributed by atoms with Crippen molar-refractivity contribution in [2.75, 3.05) is 57.4 Å². The third-order valence-electron chi connectivity index (χ3n) is 6.23. The quantitative estimate of drug-likeness (QED) is 0.532. The number of anilines is 1. The van der Waals surface area contributed by atoms with E-state index in [4.69, 9.17) is 14.5 Å². The van der Waals surface area contributed by atoms with Gasteiger partial charge in [-0.15, -0.1) is 24.8 Å². The van der Waals surface area contributed by atoms with Crippen LogP contribution in [0.4, 0.5) is 5.82 Å². The lowest BCUT2D eigenvalue weighted by Gasteiger charge is -2.35. The van der Waals surface area contributed by atoms with Crippen LogP contribution in [0.2, 0.25) is 0 Å². The van der Waals surface area contributed by atoms with Crippen LogP contribution in [-0.4, -0.2) is 62.4 Å². The van der Waals surface area contributed by atoms with E-state index < -0.39 is 0 Å². The summed E-state index contributed by atoms with van der Waals surface area (Å²) in [5.41, 5.74) is 3.32. The Balaban J connectivity index is 0.00000144. The number of nitrogens with zero attached hydrogens (tertiary/aromatic N) is 3. The Kier molecular flexibility index (Phi) is 8.74. The first kappa shape index (κ1) is 24.7. The fraction of sp³-hybridized carbons (Fsp3) is 0.400. The van der Waals surface area contributed by atoms with Crippen molar-refractivity contribution in [2.45, 2.75) is 13.0 Å². The monoisotopic (exact) mass is 475 g/mol. The second kappa shape index (κ2) is 11.3. The van der Waals surface area contributed by atoms with Crippen molar-refractivity contribution in [3.05, 3.63) is 60.2 Å². The Labute approximate surface area is 202 Å². The molecule has 2 aromatic carbocycles. The summed E-state index contributed by atoms with van der Waals surface area (Å²) in [7, 11) is 0. The number of pyridine rings is 1. The SMILES string of the molecule is CCN1CCN(c2nc(-c3ccc(C4COCCO4)cc3)cc3ccccc23)CC1.Cl.Cl. The second-order valence-electron chi connectivity index (χ2n) is 8.03. The number of rotatable bonds is 4. The molecule has 2 saturated heterocycles. The smallest absolute Gasteiger partial charge is 0.137 e. The van der Waals surface area contributed by atoms with Crippen LogP contribution in [0.5, 0.6) is 0 Å². The molecule has 0 spiro atoms. The number of ether oxygens (including phenoxy) is 2. The summed E-state index contributed by atoms with van der Waals surface area (Å²) in [4.78, 5) is 10.1. The van der Waals surface area contributed by atoms with Crippen molar-refractivity contribution in [3.8, 4) is 11.3 Å². The third-order valence-corrected chi connectivity index (χ3v) is 6.23. The molecule has 0 bridgehead atoms. The summed E-state index contributed by atoms with van der Waals surface area (Å²) in [6.45, 7) is 9.55. The average molecular weight is 476 g/mol. The number of hydrogen-bond acceptors (Lipinski definition) is 5. The van der Waals surface area contributed by atoms with Crippen molar-refractivity contribution in [1.29, 1.82) is 0 Å². The van der Waals surface area contributed by atoms with Crippen LogP contribution in [-0.2, 0) is 9.47 Å². The lowest BCUT2D eigenvalue weighted by molar-refractivity contribution is -0.0901. The molecule has 0 amide bonds. The fourth-order valence-corrected chi connectivity index (χ4v) is 4.39. The van der Waals surface area contributed by atoms with Crippen molar-refractivity contribution in [1.82, 2.24) is 9.88 Å². The van der Waals surface area contributed by atoms with Gasteiger partial charge in [-0.05, 0) is 23.6 Å². The van der Waals surface area contributed by atoms with Crippen LogP contribution < -0.4 is 4.90 Å². The summed E-state index contributed by atoms with van der Waals surface area (Å²) in [5.74, 6) is 1.10. The maximum absolute atomic E-state index is 5.83. The molecule has 0 saturated carbocycles. The van der Waals surface area contributed by atoms with Crippen LogP contribution in [0.15, 0.2) is 54.6 Å². The summed E-state index contributed by atoms with van der Waals surface area (Å²) < 4.78 is 11.4. The molecule has 3 aromatic rings. The first-order valence-electron chi connectivity index (χ1n) is 11.0. The molecule has 0 radical (unpaired) electrons. The van der Waals surface area contributed by atoms with Gasteiger partial charge in [-0.3, -0.25) is 0 Å². The summed E-state index contributed by atoms with van der Waals surface area (Å²) in [6, 6.07) is 19.4. The minimum atomic E-state index is 0. The van der Waals surface area contributed by atoms with Crippen molar-refractivity contribution < 1.29 is 9.47 Å².